The highest BCUT2D eigenvalue weighted by Gasteiger charge is 2.30. The number of carbonyl (C=O) groups is 1. The van der Waals surface area contributed by atoms with Gasteiger partial charge in [-0.2, -0.15) is 0 Å². The Labute approximate surface area is 198 Å². The molecule has 1 aliphatic rings. The van der Waals surface area contributed by atoms with Gasteiger partial charge in [0.25, 0.3) is 5.91 Å². The highest BCUT2D eigenvalue weighted by molar-refractivity contribution is 5.98. The number of hydrogen-bond acceptors (Lipinski definition) is 8. The van der Waals surface area contributed by atoms with E-state index in [0.717, 1.165) is 27.6 Å². The van der Waals surface area contributed by atoms with Crippen LogP contribution in [0.15, 0.2) is 55.4 Å². The van der Waals surface area contributed by atoms with E-state index >= 15 is 0 Å². The lowest BCUT2D eigenvalue weighted by atomic mass is 10.0. The maximum atomic E-state index is 13.2. The minimum Gasteiger partial charge on any atom is -0.372 e. The molecule has 1 fully saturated rings. The van der Waals surface area contributed by atoms with Gasteiger partial charge in [0.1, 0.15) is 6.33 Å². The molecule has 2 N–H and O–H groups in total. The summed E-state index contributed by atoms with van der Waals surface area (Å²) >= 11 is 0. The Morgan fingerprint density at radius 3 is 2.56 bits per heavy atom. The molecule has 9 heteroatoms. The Morgan fingerprint density at radius 1 is 1.00 bits per heavy atom. The van der Waals surface area contributed by atoms with Crippen molar-refractivity contribution in [3.05, 3.63) is 60.9 Å². The Hall–Kier alpha value is -3.98. The minimum absolute atomic E-state index is 0. The third kappa shape index (κ3) is 4.55. The number of aromatic nitrogens is 5. The number of pyridine rings is 1. The van der Waals surface area contributed by atoms with E-state index in [2.05, 4.69) is 24.9 Å². The van der Waals surface area contributed by atoms with Crippen LogP contribution in [0.25, 0.3) is 33.3 Å². The summed E-state index contributed by atoms with van der Waals surface area (Å²) in [5, 5.41) is 0.839. The Bertz CT molecular complexity index is 1340. The number of amides is 1. The maximum absolute atomic E-state index is 13.2. The lowest BCUT2D eigenvalue weighted by Crippen LogP contribution is -2.50. The van der Waals surface area contributed by atoms with E-state index in [9.17, 15) is 4.79 Å². The molecule has 0 unspecified atom stereocenters. The van der Waals surface area contributed by atoms with Crippen molar-refractivity contribution in [2.75, 3.05) is 25.4 Å². The molecule has 9 nitrogen and oxygen atoms in total. The van der Waals surface area contributed by atoms with Crippen LogP contribution < -0.4 is 5.73 Å². The average Bonchev–Trinajstić information content (AvgIpc) is 2.83. The number of nitrogen functional groups attached to an aromatic ring is 1. The van der Waals surface area contributed by atoms with Crippen molar-refractivity contribution in [1.29, 1.82) is 0 Å². The molecule has 1 aromatic carbocycles. The van der Waals surface area contributed by atoms with Crippen LogP contribution in [0, 0.1) is 0 Å². The van der Waals surface area contributed by atoms with Gasteiger partial charge in [0, 0.05) is 54.4 Å². The summed E-state index contributed by atoms with van der Waals surface area (Å²) in [7, 11) is 0. The Morgan fingerprint density at radius 2 is 1.79 bits per heavy atom. The van der Waals surface area contributed by atoms with Crippen LogP contribution in [-0.4, -0.2) is 61.0 Å². The van der Waals surface area contributed by atoms with Crippen molar-refractivity contribution in [3.8, 4) is 22.4 Å². The van der Waals surface area contributed by atoms with Gasteiger partial charge in [-0.05, 0) is 37.6 Å². The maximum Gasteiger partial charge on any atom is 0.255 e. The fourth-order valence-corrected chi connectivity index (χ4v) is 4.01. The van der Waals surface area contributed by atoms with Crippen LogP contribution in [0.2, 0.25) is 0 Å². The standard InChI is InChI=1S/C24H23N7O2.CH4/c1-24(2)13-31(5-6-33-24)22(32)17-7-16(9-26-10-17)21-19-8-15(3-4-20(19)29-14-30-21)18-11-27-23(25)28-12-18;/h3-4,7-12,14H,5-6,13H2,1-2H3,(H2,25,27,28);1H4. The van der Waals surface area contributed by atoms with E-state index in [1.807, 2.05) is 43.0 Å². The zero-order valence-corrected chi connectivity index (χ0v) is 18.4. The zero-order valence-electron chi connectivity index (χ0n) is 18.4. The Balaban J connectivity index is 0.00000274. The van der Waals surface area contributed by atoms with Gasteiger partial charge in [0.05, 0.1) is 29.0 Å². The molecule has 0 bridgehead atoms. The molecule has 1 saturated heterocycles. The molecule has 4 heterocycles. The van der Waals surface area contributed by atoms with Crippen LogP contribution in [0.4, 0.5) is 5.95 Å². The van der Waals surface area contributed by atoms with E-state index in [4.69, 9.17) is 10.5 Å². The third-order valence-corrected chi connectivity index (χ3v) is 5.61. The lowest BCUT2D eigenvalue weighted by Gasteiger charge is -2.38. The van der Waals surface area contributed by atoms with Crippen molar-refractivity contribution in [2.24, 2.45) is 0 Å². The van der Waals surface area contributed by atoms with Crippen LogP contribution in [0.3, 0.4) is 0 Å². The van der Waals surface area contributed by atoms with Gasteiger partial charge in [0.2, 0.25) is 5.95 Å². The number of benzene rings is 1. The van der Waals surface area contributed by atoms with E-state index in [-0.39, 0.29) is 24.9 Å². The van der Waals surface area contributed by atoms with Crippen molar-refractivity contribution in [1.82, 2.24) is 29.8 Å². The first-order valence-corrected chi connectivity index (χ1v) is 10.6. The normalized spacial score (nSPS) is 15.1. The second kappa shape index (κ2) is 9.11. The Kier molecular flexibility index (Phi) is 6.21. The predicted octanol–water partition coefficient (Wildman–Crippen LogP) is 3.62. The van der Waals surface area contributed by atoms with Gasteiger partial charge < -0.3 is 15.4 Å². The summed E-state index contributed by atoms with van der Waals surface area (Å²) in [5.74, 6) is 0.151. The number of nitrogens with zero attached hydrogens (tertiary/aromatic N) is 6. The van der Waals surface area contributed by atoms with Crippen molar-refractivity contribution >= 4 is 22.8 Å². The monoisotopic (exact) mass is 457 g/mol. The largest absolute Gasteiger partial charge is 0.372 e. The SMILES string of the molecule is C.CC1(C)CN(C(=O)c2cncc(-c3ncnc4ccc(-c5cnc(N)nc5)cc34)c2)CCO1. The lowest BCUT2D eigenvalue weighted by molar-refractivity contribution is -0.0764. The summed E-state index contributed by atoms with van der Waals surface area (Å²) in [6.45, 7) is 5.56. The van der Waals surface area contributed by atoms with Crippen LogP contribution >= 0.6 is 0 Å². The highest BCUT2D eigenvalue weighted by atomic mass is 16.5. The van der Waals surface area contributed by atoms with E-state index in [1.165, 1.54) is 6.33 Å². The third-order valence-electron chi connectivity index (χ3n) is 5.61. The van der Waals surface area contributed by atoms with E-state index < -0.39 is 0 Å². The van der Waals surface area contributed by atoms with Crippen LogP contribution in [0.5, 0.6) is 0 Å². The van der Waals surface area contributed by atoms with Gasteiger partial charge in [0.15, 0.2) is 0 Å². The molecule has 4 aromatic rings. The van der Waals surface area contributed by atoms with Crippen LogP contribution in [-0.2, 0) is 4.74 Å². The van der Waals surface area contributed by atoms with Crippen molar-refractivity contribution < 1.29 is 9.53 Å². The number of nitrogens with two attached hydrogens (primary N) is 1. The zero-order chi connectivity index (χ0) is 23.0. The molecule has 0 spiro atoms. The smallest absolute Gasteiger partial charge is 0.255 e. The molecule has 0 aliphatic carbocycles. The van der Waals surface area contributed by atoms with Crippen molar-refractivity contribution in [2.45, 2.75) is 26.9 Å². The summed E-state index contributed by atoms with van der Waals surface area (Å²) in [5.41, 5.74) is 9.72. The number of morpholine rings is 1. The van der Waals surface area contributed by atoms with E-state index in [0.29, 0.717) is 31.0 Å². The molecule has 174 valence electrons. The fourth-order valence-electron chi connectivity index (χ4n) is 4.01. The predicted molar refractivity (Wildman–Crippen MR) is 131 cm³/mol. The van der Waals surface area contributed by atoms with Crippen molar-refractivity contribution in [3.63, 3.8) is 0 Å². The first-order valence-electron chi connectivity index (χ1n) is 10.6. The second-order valence-corrected chi connectivity index (χ2v) is 8.58. The van der Waals surface area contributed by atoms with E-state index in [1.54, 1.807) is 24.8 Å². The number of fused-ring (bicyclic) bond motifs is 1. The summed E-state index contributed by atoms with van der Waals surface area (Å²) < 4.78 is 5.73. The molecule has 1 aliphatic heterocycles. The van der Waals surface area contributed by atoms with Gasteiger partial charge in [-0.25, -0.2) is 19.9 Å². The molecular weight excluding hydrogens is 430 g/mol. The molecular formula is C25H27N7O2. The fraction of sp³-hybridized carbons (Fsp3) is 0.280. The van der Waals surface area contributed by atoms with Gasteiger partial charge in [-0.3, -0.25) is 9.78 Å². The number of rotatable bonds is 3. The number of hydrogen-bond donors (Lipinski definition) is 1. The first kappa shape index (κ1) is 23.2. The summed E-state index contributed by atoms with van der Waals surface area (Å²) in [4.78, 5) is 36.4. The van der Waals surface area contributed by atoms with Gasteiger partial charge >= 0.3 is 0 Å². The molecule has 5 rings (SSSR count). The molecule has 0 saturated carbocycles. The van der Waals surface area contributed by atoms with Gasteiger partial charge in [-0.15, -0.1) is 0 Å². The molecule has 0 radical (unpaired) electrons. The molecule has 1 amide bonds. The number of ether oxygens (including phenoxy) is 1. The molecule has 34 heavy (non-hydrogen) atoms. The summed E-state index contributed by atoms with van der Waals surface area (Å²) in [6.07, 6.45) is 8.17. The number of anilines is 1. The minimum atomic E-state index is -0.371. The van der Waals surface area contributed by atoms with Crippen LogP contribution in [0.1, 0.15) is 31.6 Å². The molecule has 3 aromatic heterocycles. The first-order chi connectivity index (χ1) is 15.9. The molecule has 0 atom stereocenters. The quantitative estimate of drug-likeness (QED) is 0.495. The summed E-state index contributed by atoms with van der Waals surface area (Å²) in [6, 6.07) is 7.69. The topological polar surface area (TPSA) is 120 Å². The second-order valence-electron chi connectivity index (χ2n) is 8.58. The highest BCUT2D eigenvalue weighted by Crippen LogP contribution is 2.30. The number of carbonyl (C=O) groups excluding carboxylic acids is 1. The van der Waals surface area contributed by atoms with Gasteiger partial charge in [-0.1, -0.05) is 13.5 Å². The average molecular weight is 458 g/mol.